The molecule has 0 saturated carbocycles. The van der Waals surface area contributed by atoms with Gasteiger partial charge in [-0.25, -0.2) is 0 Å². The van der Waals surface area contributed by atoms with Crippen LogP contribution in [0, 0.1) is 5.41 Å². The Morgan fingerprint density at radius 3 is 1.60 bits per heavy atom. The van der Waals surface area contributed by atoms with Gasteiger partial charge in [0.05, 0.1) is 11.0 Å². The van der Waals surface area contributed by atoms with Crippen LogP contribution in [0.4, 0.5) is 17.1 Å². The van der Waals surface area contributed by atoms with E-state index in [-0.39, 0.29) is 16.2 Å². The van der Waals surface area contributed by atoms with E-state index in [1.165, 1.54) is 66.0 Å². The van der Waals surface area contributed by atoms with Crippen LogP contribution in [-0.4, -0.2) is 4.57 Å². The monoisotopic (exact) mass is 736 g/mol. The largest absolute Gasteiger partial charge is 0.310 e. The molecule has 1 heterocycles. The van der Waals surface area contributed by atoms with Crippen LogP contribution in [0.25, 0.3) is 60.5 Å². The molecule has 0 N–H and O–H groups in total. The summed E-state index contributed by atoms with van der Waals surface area (Å²) in [5, 5.41) is 5.03. The van der Waals surface area contributed by atoms with Crippen molar-refractivity contribution in [2.24, 2.45) is 5.41 Å². The third kappa shape index (κ3) is 5.23. The van der Waals surface area contributed by atoms with E-state index in [1.807, 2.05) is 0 Å². The normalized spacial score (nSPS) is 15.3. The van der Waals surface area contributed by atoms with Crippen LogP contribution in [0.15, 0.2) is 182 Å². The maximum Gasteiger partial charge on any atom is 0.0562 e. The van der Waals surface area contributed by atoms with Crippen molar-refractivity contribution >= 4 is 49.6 Å². The molecule has 1 aliphatic rings. The number of aromatic nitrogens is 1. The van der Waals surface area contributed by atoms with E-state index in [4.69, 9.17) is 0 Å². The molecule has 9 aromatic rings. The van der Waals surface area contributed by atoms with E-state index in [0.29, 0.717) is 0 Å². The van der Waals surface area contributed by atoms with E-state index in [2.05, 4.69) is 233 Å². The first-order valence-electron chi connectivity index (χ1n) is 20.3. The van der Waals surface area contributed by atoms with Crippen molar-refractivity contribution in [1.82, 2.24) is 4.57 Å². The maximum atomic E-state index is 2.49. The minimum Gasteiger partial charge on any atom is -0.310 e. The van der Waals surface area contributed by atoms with Gasteiger partial charge < -0.3 is 9.47 Å². The van der Waals surface area contributed by atoms with Crippen LogP contribution in [0.2, 0.25) is 0 Å². The summed E-state index contributed by atoms with van der Waals surface area (Å²) >= 11 is 0. The number of para-hydroxylation sites is 2. The summed E-state index contributed by atoms with van der Waals surface area (Å²) in [6, 6.07) is 67.0. The third-order valence-corrected chi connectivity index (χ3v) is 14.1. The number of rotatable bonds is 6. The molecule has 1 aromatic heterocycles. The average molecular weight is 737 g/mol. The molecule has 0 aliphatic heterocycles. The molecule has 8 aromatic carbocycles. The van der Waals surface area contributed by atoms with Gasteiger partial charge in [0, 0.05) is 33.5 Å². The summed E-state index contributed by atoms with van der Waals surface area (Å²) in [6.07, 6.45) is 0. The van der Waals surface area contributed by atoms with Crippen LogP contribution < -0.4 is 4.90 Å². The summed E-state index contributed by atoms with van der Waals surface area (Å²) < 4.78 is 2.49. The van der Waals surface area contributed by atoms with Crippen molar-refractivity contribution in [2.45, 2.75) is 52.4 Å². The Kier molecular flexibility index (Phi) is 7.89. The first kappa shape index (κ1) is 35.1. The summed E-state index contributed by atoms with van der Waals surface area (Å²) in [5.41, 5.74) is 15.0. The molecule has 0 saturated heterocycles. The number of fused-ring (bicyclic) bond motifs is 6. The molecule has 0 unspecified atom stereocenters. The van der Waals surface area contributed by atoms with Crippen molar-refractivity contribution in [3.05, 3.63) is 193 Å². The van der Waals surface area contributed by atoms with Gasteiger partial charge in [-0.1, -0.05) is 169 Å². The van der Waals surface area contributed by atoms with Crippen molar-refractivity contribution in [3.63, 3.8) is 0 Å². The molecule has 2 nitrogen and oxygen atoms in total. The topological polar surface area (TPSA) is 8.17 Å². The predicted molar refractivity (Wildman–Crippen MR) is 244 cm³/mol. The van der Waals surface area contributed by atoms with Gasteiger partial charge in [-0.15, -0.1) is 0 Å². The highest BCUT2D eigenvalue weighted by atomic mass is 15.1. The van der Waals surface area contributed by atoms with Gasteiger partial charge in [-0.05, 0) is 115 Å². The van der Waals surface area contributed by atoms with Gasteiger partial charge in [0.1, 0.15) is 0 Å². The smallest absolute Gasteiger partial charge is 0.0562 e. The fourth-order valence-corrected chi connectivity index (χ4v) is 9.78. The van der Waals surface area contributed by atoms with Gasteiger partial charge >= 0.3 is 0 Å². The van der Waals surface area contributed by atoms with Crippen LogP contribution in [0.5, 0.6) is 0 Å². The van der Waals surface area contributed by atoms with E-state index in [9.17, 15) is 0 Å². The highest BCUT2D eigenvalue weighted by Crippen LogP contribution is 2.61. The second kappa shape index (κ2) is 12.8. The Morgan fingerprint density at radius 1 is 0.386 bits per heavy atom. The summed E-state index contributed by atoms with van der Waals surface area (Å²) in [4.78, 5) is 2.36. The highest BCUT2D eigenvalue weighted by Gasteiger charge is 2.56. The Balaban J connectivity index is 1.21. The lowest BCUT2D eigenvalue weighted by molar-refractivity contribution is 0.125. The Bertz CT molecular complexity index is 2910. The maximum absolute atomic E-state index is 2.49. The molecule has 2 heteroatoms. The second-order valence-electron chi connectivity index (χ2n) is 17.5. The van der Waals surface area contributed by atoms with E-state index >= 15 is 0 Å². The Hall–Kier alpha value is -6.38. The standard InChI is InChI=1S/C55H48N2/c1-53(2)48-33-28-39(34-49(48)54(3,4)55(53,5)6)37-26-29-42(30-27-37)57-50-35-43(56(40-20-12-8-13-21-40)41-22-14-9-15-23-41)31-32-46(50)52-45-25-17-16-24-44(45)47(36-51(52)57)38-18-10-7-11-19-38/h7-36H,1-6H3. The van der Waals surface area contributed by atoms with Gasteiger partial charge in [-0.3, -0.25) is 0 Å². The van der Waals surface area contributed by atoms with Crippen LogP contribution >= 0.6 is 0 Å². The quantitative estimate of drug-likeness (QED) is 0.165. The van der Waals surface area contributed by atoms with Crippen LogP contribution in [-0.2, 0) is 10.8 Å². The van der Waals surface area contributed by atoms with Crippen LogP contribution in [0.1, 0.15) is 52.7 Å². The van der Waals surface area contributed by atoms with E-state index in [0.717, 1.165) is 22.7 Å². The minimum atomic E-state index is 0.0507. The minimum absolute atomic E-state index is 0.0507. The SMILES string of the molecule is CC1(C)c2ccc(-c3ccc(-n4c5cc(N(c6ccccc6)c6ccccc6)ccc5c5c6ccccc6c(-c6ccccc6)cc54)cc3)cc2C(C)(C)C1(C)C. The predicted octanol–water partition coefficient (Wildman–Crippen LogP) is 15.3. The summed E-state index contributed by atoms with van der Waals surface area (Å²) in [6.45, 7) is 14.5. The molecule has 0 radical (unpaired) electrons. The Labute approximate surface area is 336 Å². The zero-order valence-electron chi connectivity index (χ0n) is 33.7. The van der Waals surface area contributed by atoms with Gasteiger partial charge in [0.15, 0.2) is 0 Å². The number of hydrogen-bond donors (Lipinski definition) is 0. The van der Waals surface area contributed by atoms with Crippen molar-refractivity contribution in [3.8, 4) is 27.9 Å². The molecular weight excluding hydrogens is 689 g/mol. The zero-order chi connectivity index (χ0) is 39.1. The first-order valence-corrected chi connectivity index (χ1v) is 20.3. The molecule has 10 rings (SSSR count). The second-order valence-corrected chi connectivity index (χ2v) is 17.5. The number of nitrogens with zero attached hydrogens (tertiary/aromatic N) is 2. The molecule has 0 bridgehead atoms. The fourth-order valence-electron chi connectivity index (χ4n) is 9.78. The molecule has 57 heavy (non-hydrogen) atoms. The molecule has 278 valence electrons. The van der Waals surface area contributed by atoms with Crippen LogP contribution in [0.3, 0.4) is 0 Å². The molecule has 0 amide bonds. The van der Waals surface area contributed by atoms with Crippen molar-refractivity contribution in [1.29, 1.82) is 0 Å². The number of hydrogen-bond acceptors (Lipinski definition) is 1. The van der Waals surface area contributed by atoms with E-state index in [1.54, 1.807) is 0 Å². The van der Waals surface area contributed by atoms with Gasteiger partial charge in [0.2, 0.25) is 0 Å². The molecule has 0 spiro atoms. The van der Waals surface area contributed by atoms with Crippen molar-refractivity contribution < 1.29 is 0 Å². The number of benzene rings is 8. The molecule has 0 fully saturated rings. The van der Waals surface area contributed by atoms with Gasteiger partial charge in [-0.2, -0.15) is 0 Å². The third-order valence-electron chi connectivity index (χ3n) is 14.1. The van der Waals surface area contributed by atoms with Gasteiger partial charge in [0.25, 0.3) is 0 Å². The Morgan fingerprint density at radius 2 is 0.947 bits per heavy atom. The molecule has 0 atom stereocenters. The summed E-state index contributed by atoms with van der Waals surface area (Å²) in [5.74, 6) is 0. The highest BCUT2D eigenvalue weighted by molar-refractivity contribution is 6.24. The lowest BCUT2D eigenvalue weighted by Crippen LogP contribution is -2.42. The summed E-state index contributed by atoms with van der Waals surface area (Å²) in [7, 11) is 0. The lowest BCUT2D eigenvalue weighted by Gasteiger charge is -2.44. The first-order chi connectivity index (χ1) is 27.6. The zero-order valence-corrected chi connectivity index (χ0v) is 33.7. The average Bonchev–Trinajstić information content (AvgIpc) is 3.62. The molecular formula is C55H48N2. The molecule has 1 aliphatic carbocycles. The number of anilines is 3. The lowest BCUT2D eigenvalue weighted by atomic mass is 9.59. The fraction of sp³-hybridized carbons (Fsp3) is 0.164. The van der Waals surface area contributed by atoms with E-state index < -0.39 is 0 Å². The van der Waals surface area contributed by atoms with Crippen molar-refractivity contribution in [2.75, 3.05) is 4.90 Å².